The standard InChI is InChI=1S/C63H67N15O19S5/c1-24(80)41-55(87)75-42(25(2)92-7)58-70-36(23-100-58)54(86)76-45-47-48(97-39-14-63(4,90)49(65-5)26(3)96-39)62(89)94-16-27-9-8-10-37-40(27)29(17-93-47)46(78(37)91)61(88)95-18-31(67-52(84)34-22-102-60(45)72-34)57-68-32(19-99-57)43-28(56-69-35(20-98-56)53(85)74-41)13-38(81)44(73-43)59-71-33(21-101-59)51(83)66-30(50(64)82)15-77(6)11-12-79/h8-10,13,19-24,26,30-31,39,41,45,47-49,65,79-81,90-91H,11-12,14-18H2,1-7H3,(H2,64,82)(H,66,83)(H,67,84)(H,74,85)(H,75,87)(H,76,86)/b42-25+/t24?,26-,30?,31?,39-,41?,45?,47?,48?,49+,63-/m0/s1. The minimum atomic E-state index is -1.92. The molecule has 39 heteroatoms. The second-order valence-corrected chi connectivity index (χ2v) is 28.7. The van der Waals surface area contributed by atoms with Crippen LogP contribution in [0.15, 0.2) is 56.9 Å². The minimum Gasteiger partial charge on any atom is -0.506 e. The molecule has 11 atom stereocenters. The van der Waals surface area contributed by atoms with Crippen LogP contribution in [-0.4, -0.2) is 214 Å². The summed E-state index contributed by atoms with van der Waals surface area (Å²) in [5.41, 5.74) is 2.70. The van der Waals surface area contributed by atoms with Gasteiger partial charge in [-0.3, -0.25) is 28.8 Å². The number of nitrogens with two attached hydrogens (primary N) is 1. The van der Waals surface area contributed by atoms with Gasteiger partial charge >= 0.3 is 11.9 Å². The maximum Gasteiger partial charge on any atom is 0.358 e. The van der Waals surface area contributed by atoms with E-state index in [9.17, 15) is 44.8 Å². The Kier molecular flexibility index (Phi) is 21.2. The normalized spacial score (nSPS) is 23.9. The van der Waals surface area contributed by atoms with Crippen LogP contribution in [0.1, 0.15) is 125 Å². The molecule has 1 aromatic carbocycles. The van der Waals surface area contributed by atoms with Crippen molar-refractivity contribution in [3.63, 3.8) is 0 Å². The fraction of sp³-hybridized carbons (Fsp3) is 0.397. The molecule has 4 aliphatic heterocycles. The van der Waals surface area contributed by atoms with Crippen molar-refractivity contribution >= 4 is 121 Å². The van der Waals surface area contributed by atoms with Crippen molar-refractivity contribution in [1.29, 1.82) is 0 Å². The first-order valence-electron chi connectivity index (χ1n) is 31.3. The summed E-state index contributed by atoms with van der Waals surface area (Å²) in [7, 11) is 4.55. The van der Waals surface area contributed by atoms with Gasteiger partial charge < -0.3 is 96.6 Å². The first-order chi connectivity index (χ1) is 48.7. The van der Waals surface area contributed by atoms with Gasteiger partial charge in [0.1, 0.15) is 126 Å². The topological polar surface area (TPSA) is 477 Å². The summed E-state index contributed by atoms with van der Waals surface area (Å²) >= 11 is 4.45. The third-order valence-corrected chi connectivity index (χ3v) is 21.7. The Hall–Kier alpha value is -9.36. The number of rotatable bonds is 13. The highest BCUT2D eigenvalue weighted by atomic mass is 32.1. The molecule has 13 N–H and O–H groups in total. The number of methoxy groups -OCH3 is 1. The summed E-state index contributed by atoms with van der Waals surface area (Å²) in [5, 5.41) is 80.2. The number of primary amides is 1. The second kappa shape index (κ2) is 29.9. The zero-order valence-corrected chi connectivity index (χ0v) is 59.1. The molecular formula is C63H67N15O19S5. The number of aliphatic hydroxyl groups is 3. The van der Waals surface area contributed by atoms with E-state index in [-0.39, 0.29) is 124 Å². The Morgan fingerprint density at radius 3 is 2.26 bits per heavy atom. The molecule has 8 aromatic rings. The third kappa shape index (κ3) is 14.7. The van der Waals surface area contributed by atoms with Gasteiger partial charge in [-0.05, 0) is 59.5 Å². The van der Waals surface area contributed by atoms with E-state index in [4.69, 9.17) is 49.1 Å². The number of thiazole rings is 5. The van der Waals surface area contributed by atoms with E-state index in [1.807, 2.05) is 0 Å². The number of hydrogen-bond acceptors (Lipinski definition) is 32. The van der Waals surface area contributed by atoms with Crippen LogP contribution in [0.2, 0.25) is 0 Å². The summed E-state index contributed by atoms with van der Waals surface area (Å²) in [6, 6.07) is -0.666. The monoisotopic (exact) mass is 1500 g/mol. The molecular weight excluding hydrogens is 1430 g/mol. The van der Waals surface area contributed by atoms with Gasteiger partial charge in [-0.25, -0.2) is 39.5 Å². The lowest BCUT2D eigenvalue weighted by atomic mass is 9.86. The number of cyclic esters (lactones) is 2. The highest BCUT2D eigenvalue weighted by Crippen LogP contribution is 2.43. The van der Waals surface area contributed by atoms with Gasteiger partial charge in [-0.2, -0.15) is 4.73 Å². The number of aromatic hydroxyl groups is 1. The maximum absolute atomic E-state index is 15.2. The van der Waals surface area contributed by atoms with E-state index in [1.165, 1.54) is 60.0 Å². The average molecular weight is 1500 g/mol. The van der Waals surface area contributed by atoms with Gasteiger partial charge in [0.25, 0.3) is 23.6 Å². The molecule has 1 saturated heterocycles. The number of carbonyl (C=O) groups excluding carboxylic acids is 8. The molecule has 0 aliphatic carbocycles. The maximum atomic E-state index is 15.2. The van der Waals surface area contributed by atoms with Crippen molar-refractivity contribution in [3.05, 3.63) is 112 Å². The van der Waals surface area contributed by atoms with Crippen molar-refractivity contribution in [2.75, 3.05) is 47.5 Å². The van der Waals surface area contributed by atoms with Crippen LogP contribution in [0.5, 0.6) is 5.75 Å². The molecule has 34 nitrogen and oxygen atoms in total. The predicted octanol–water partition coefficient (Wildman–Crippen LogP) is 2.33. The van der Waals surface area contributed by atoms with E-state index in [0.717, 1.165) is 56.7 Å². The first-order valence-corrected chi connectivity index (χ1v) is 35.7. The van der Waals surface area contributed by atoms with Crippen molar-refractivity contribution in [3.8, 4) is 38.4 Å². The van der Waals surface area contributed by atoms with Crippen molar-refractivity contribution < 1.29 is 92.4 Å². The number of nitrogens with zero attached hydrogens (tertiary/aromatic N) is 8. The van der Waals surface area contributed by atoms with Crippen molar-refractivity contribution in [2.45, 2.75) is 114 Å². The first kappa shape index (κ1) is 72.4. The molecule has 0 radical (unpaired) electrons. The number of nitrogens with one attached hydrogen (secondary N) is 6. The molecule has 12 rings (SSSR count). The molecule has 102 heavy (non-hydrogen) atoms. The highest BCUT2D eigenvalue weighted by molar-refractivity contribution is 7.14. The summed E-state index contributed by atoms with van der Waals surface area (Å²) in [5.74, 6) is -8.14. The number of esters is 2. The SMILES string of the molecule is CN[C@@H]1[C@H](C)O[C@@H](OC2C(=O)OCc3cccc4c3c3c(n4O)C(=O)OCC4NC(=O)c5csc(n5)C(NC(=O)c5csc(n5)/C(=C(/C)OC)NC(=O)C(C(C)O)NC(=O)c5csc(n5)-c5cc(O)c(-c6nc(C(=O)NC(CN(C)CCO)C(N)=O)cs6)nc5-c5csc4n5)C2OC3)C[C@]1(C)O. The third-order valence-electron chi connectivity index (χ3n) is 17.2. The van der Waals surface area contributed by atoms with Gasteiger partial charge in [-0.15, -0.1) is 56.7 Å². The van der Waals surface area contributed by atoms with Crippen molar-refractivity contribution in [1.82, 2.24) is 71.4 Å². The Morgan fingerprint density at radius 2 is 1.55 bits per heavy atom. The lowest BCUT2D eigenvalue weighted by Gasteiger charge is -2.45. The molecule has 0 saturated carbocycles. The zero-order chi connectivity index (χ0) is 72.7. The number of aliphatic hydroxyl groups excluding tert-OH is 2. The molecule has 6 amide bonds. The molecule has 11 heterocycles. The number of ether oxygens (including phenoxy) is 6. The van der Waals surface area contributed by atoms with Crippen LogP contribution in [0.4, 0.5) is 0 Å². The zero-order valence-electron chi connectivity index (χ0n) is 55.1. The predicted molar refractivity (Wildman–Crippen MR) is 365 cm³/mol. The van der Waals surface area contributed by atoms with Crippen LogP contribution in [0, 0.1) is 0 Å². The molecule has 1 fully saturated rings. The Morgan fingerprint density at radius 1 is 0.873 bits per heavy atom. The van der Waals surface area contributed by atoms with Crippen molar-refractivity contribution in [2.24, 2.45) is 5.73 Å². The fourth-order valence-corrected chi connectivity index (χ4v) is 16.2. The highest BCUT2D eigenvalue weighted by Gasteiger charge is 2.49. The average Bonchev–Trinajstić information content (AvgIpc) is 1.58. The largest absolute Gasteiger partial charge is 0.506 e. The van der Waals surface area contributed by atoms with Gasteiger partial charge in [0.05, 0.1) is 49.7 Å². The molecule has 0 spiro atoms. The van der Waals surface area contributed by atoms with Crippen LogP contribution in [0.25, 0.3) is 49.3 Å². The number of pyridine rings is 1. The summed E-state index contributed by atoms with van der Waals surface area (Å²) in [6.07, 6.45) is -7.62. The van der Waals surface area contributed by atoms with E-state index in [1.54, 1.807) is 45.0 Å². The number of benzene rings is 1. The summed E-state index contributed by atoms with van der Waals surface area (Å²) in [4.78, 5) is 145. The molecule has 7 aromatic heterocycles. The number of hydrogen-bond donors (Lipinski definition) is 12. The van der Waals surface area contributed by atoms with Crippen LogP contribution >= 0.6 is 56.7 Å². The lowest BCUT2D eigenvalue weighted by molar-refractivity contribution is -0.272. The van der Waals surface area contributed by atoms with Crippen LogP contribution in [0.3, 0.4) is 0 Å². The van der Waals surface area contributed by atoms with Gasteiger partial charge in [0, 0.05) is 62.9 Å². The quantitative estimate of drug-likeness (QED) is 0.0448. The van der Waals surface area contributed by atoms with Gasteiger partial charge in [0.2, 0.25) is 11.8 Å². The Labute approximate surface area is 598 Å². The molecule has 4 aliphatic rings. The molecule has 7 unspecified atom stereocenters. The molecule has 538 valence electrons. The van der Waals surface area contributed by atoms with E-state index < -0.39 is 145 Å². The van der Waals surface area contributed by atoms with E-state index in [2.05, 4.69) is 46.9 Å². The molecule has 12 bridgehead atoms. The number of amides is 6. The summed E-state index contributed by atoms with van der Waals surface area (Å²) < 4.78 is 38.1. The van der Waals surface area contributed by atoms with Gasteiger partial charge in [0.15, 0.2) is 18.1 Å². The Bertz CT molecular complexity index is 4640. The number of likely N-dealkylation sites (N-methyl/N-ethyl adjacent to an activating group) is 2. The minimum absolute atomic E-state index is 0.00346. The van der Waals surface area contributed by atoms with Crippen LogP contribution < -0.4 is 37.6 Å². The Balaban J connectivity index is 1.02. The van der Waals surface area contributed by atoms with Gasteiger partial charge in [-0.1, -0.05) is 12.1 Å². The summed E-state index contributed by atoms with van der Waals surface area (Å²) in [6.45, 7) is 4.03. The lowest BCUT2D eigenvalue weighted by Crippen LogP contribution is -2.61. The smallest absolute Gasteiger partial charge is 0.358 e. The number of allylic oxidation sites excluding steroid dienone is 1. The van der Waals surface area contributed by atoms with Crippen LogP contribution in [-0.2, 0) is 56.0 Å². The fourth-order valence-electron chi connectivity index (χ4n) is 12.1. The second-order valence-electron chi connectivity index (χ2n) is 24.3. The number of fused-ring (bicyclic) bond motifs is 15. The number of carbonyl (C=O) groups is 8. The number of aromatic nitrogens is 7. The van der Waals surface area contributed by atoms with E-state index >= 15 is 19.2 Å². The van der Waals surface area contributed by atoms with E-state index in [0.29, 0.717) is 10.3 Å².